The number of amides is 1. The number of fused-ring (bicyclic) bond motifs is 1. The first kappa shape index (κ1) is 13.4. The maximum absolute atomic E-state index is 12.5. The highest BCUT2D eigenvalue weighted by molar-refractivity contribution is 6.10. The molecule has 0 aromatic heterocycles. The lowest BCUT2D eigenvalue weighted by molar-refractivity contribution is 0.0956. The van der Waals surface area contributed by atoms with Crippen LogP contribution < -0.4 is 11.1 Å². The zero-order valence-corrected chi connectivity index (χ0v) is 11.6. The van der Waals surface area contributed by atoms with E-state index in [1.54, 1.807) is 36.4 Å². The third kappa shape index (κ3) is 2.65. The number of carbonyl (C=O) groups excluding carboxylic acids is 2. The molecule has 0 radical (unpaired) electrons. The number of ketones is 1. The maximum atomic E-state index is 12.5. The number of carbonyl (C=O) groups is 2. The number of aryl methyl sites for hydroxylation is 1. The number of benzene rings is 2. The summed E-state index contributed by atoms with van der Waals surface area (Å²) in [6.45, 7) is 0.673. The smallest absolute Gasteiger partial charge is 0.251 e. The van der Waals surface area contributed by atoms with Crippen LogP contribution in [0.15, 0.2) is 42.5 Å². The Kier molecular flexibility index (Phi) is 3.44. The second kappa shape index (κ2) is 5.40. The monoisotopic (exact) mass is 280 g/mol. The largest absolute Gasteiger partial charge is 0.399 e. The molecule has 2 aromatic rings. The predicted octanol–water partition coefficient (Wildman–Crippen LogP) is 2.18. The minimum absolute atomic E-state index is 0.107. The number of hydrogen-bond donors (Lipinski definition) is 2. The molecule has 0 unspecified atom stereocenters. The van der Waals surface area contributed by atoms with Crippen LogP contribution in [0.1, 0.15) is 38.3 Å². The summed E-state index contributed by atoms with van der Waals surface area (Å²) in [5.41, 5.74) is 8.90. The van der Waals surface area contributed by atoms with Crippen molar-refractivity contribution in [1.82, 2.24) is 5.32 Å². The molecule has 21 heavy (non-hydrogen) atoms. The van der Waals surface area contributed by atoms with Crippen molar-refractivity contribution < 1.29 is 9.59 Å². The highest BCUT2D eigenvalue weighted by Gasteiger charge is 2.18. The van der Waals surface area contributed by atoms with Gasteiger partial charge >= 0.3 is 0 Å². The third-order valence-corrected chi connectivity index (χ3v) is 3.67. The molecule has 0 fully saturated rings. The molecule has 0 spiro atoms. The Balaban J connectivity index is 2.00. The highest BCUT2D eigenvalue weighted by Crippen LogP contribution is 2.19. The predicted molar refractivity (Wildman–Crippen MR) is 81.4 cm³/mol. The minimum atomic E-state index is -0.123. The van der Waals surface area contributed by atoms with Crippen molar-refractivity contribution in [3.63, 3.8) is 0 Å². The fraction of sp³-hybridized carbons (Fsp3) is 0.176. The van der Waals surface area contributed by atoms with E-state index in [1.165, 1.54) is 0 Å². The van der Waals surface area contributed by atoms with Gasteiger partial charge < -0.3 is 11.1 Å². The first-order valence-electron chi connectivity index (χ1n) is 6.96. The third-order valence-electron chi connectivity index (χ3n) is 3.67. The van der Waals surface area contributed by atoms with Crippen LogP contribution in [-0.2, 0) is 6.42 Å². The number of nitrogens with one attached hydrogen (secondary N) is 1. The van der Waals surface area contributed by atoms with Gasteiger partial charge in [-0.1, -0.05) is 24.3 Å². The van der Waals surface area contributed by atoms with Crippen molar-refractivity contribution in [1.29, 1.82) is 0 Å². The average molecular weight is 280 g/mol. The van der Waals surface area contributed by atoms with Crippen molar-refractivity contribution in [3.8, 4) is 0 Å². The second-order valence-corrected chi connectivity index (χ2v) is 5.19. The Labute approximate surface area is 123 Å². The lowest BCUT2D eigenvalue weighted by Gasteiger charge is -2.08. The zero-order chi connectivity index (χ0) is 14.8. The van der Waals surface area contributed by atoms with Crippen LogP contribution in [0.4, 0.5) is 5.69 Å². The summed E-state index contributed by atoms with van der Waals surface area (Å²) < 4.78 is 0. The van der Waals surface area contributed by atoms with E-state index < -0.39 is 0 Å². The summed E-state index contributed by atoms with van der Waals surface area (Å²) in [5.74, 6) is -0.230. The van der Waals surface area contributed by atoms with Crippen molar-refractivity contribution in [2.24, 2.45) is 0 Å². The molecule has 0 bridgehead atoms. The molecule has 1 heterocycles. The first-order chi connectivity index (χ1) is 10.1. The lowest BCUT2D eigenvalue weighted by Crippen LogP contribution is -2.22. The highest BCUT2D eigenvalue weighted by atomic mass is 16.1. The summed E-state index contributed by atoms with van der Waals surface area (Å²) >= 11 is 0. The van der Waals surface area contributed by atoms with E-state index in [0.717, 1.165) is 18.4 Å². The maximum Gasteiger partial charge on any atom is 0.251 e. The normalized spacial score (nSPS) is 14.0. The summed E-state index contributed by atoms with van der Waals surface area (Å²) in [6, 6.07) is 12.2. The molecule has 1 aliphatic heterocycles. The van der Waals surface area contributed by atoms with Gasteiger partial charge in [0.2, 0.25) is 0 Å². The van der Waals surface area contributed by atoms with Crippen molar-refractivity contribution >= 4 is 17.4 Å². The fourth-order valence-corrected chi connectivity index (χ4v) is 2.57. The number of hydrogen-bond acceptors (Lipinski definition) is 3. The molecule has 3 N–H and O–H groups in total. The summed E-state index contributed by atoms with van der Waals surface area (Å²) in [5, 5.41) is 2.85. The van der Waals surface area contributed by atoms with Crippen LogP contribution in [0.2, 0.25) is 0 Å². The van der Waals surface area contributed by atoms with E-state index >= 15 is 0 Å². The quantitative estimate of drug-likeness (QED) is 0.654. The Bertz CT molecular complexity index is 722. The molecule has 4 nitrogen and oxygen atoms in total. The molecule has 0 atom stereocenters. The first-order valence-corrected chi connectivity index (χ1v) is 6.96. The van der Waals surface area contributed by atoms with Gasteiger partial charge in [-0.05, 0) is 36.6 Å². The van der Waals surface area contributed by atoms with Crippen molar-refractivity contribution in [2.75, 3.05) is 12.3 Å². The van der Waals surface area contributed by atoms with Gasteiger partial charge in [0.05, 0.1) is 0 Å². The van der Waals surface area contributed by atoms with Gasteiger partial charge in [-0.25, -0.2) is 0 Å². The van der Waals surface area contributed by atoms with E-state index in [-0.39, 0.29) is 11.7 Å². The number of rotatable bonds is 2. The van der Waals surface area contributed by atoms with Crippen LogP contribution in [0.25, 0.3) is 0 Å². The molecule has 1 aliphatic rings. The number of anilines is 1. The molecular formula is C17H16N2O2. The van der Waals surface area contributed by atoms with E-state index in [0.29, 0.717) is 28.9 Å². The zero-order valence-electron chi connectivity index (χ0n) is 11.6. The van der Waals surface area contributed by atoms with Gasteiger partial charge in [0.1, 0.15) is 0 Å². The SMILES string of the molecule is Nc1cccc(C(=O)c2ccc3c(c2)C(=O)NCCC3)c1. The van der Waals surface area contributed by atoms with Crippen LogP contribution >= 0.6 is 0 Å². The molecule has 0 saturated heterocycles. The Morgan fingerprint density at radius 2 is 1.90 bits per heavy atom. The van der Waals surface area contributed by atoms with Gasteiger partial charge in [-0.2, -0.15) is 0 Å². The molecule has 0 aliphatic carbocycles. The molecule has 1 amide bonds. The topological polar surface area (TPSA) is 72.2 Å². The molecule has 0 saturated carbocycles. The van der Waals surface area contributed by atoms with Crippen LogP contribution in [0, 0.1) is 0 Å². The number of nitrogens with two attached hydrogens (primary N) is 1. The van der Waals surface area contributed by atoms with Gasteiger partial charge in [0.25, 0.3) is 5.91 Å². The van der Waals surface area contributed by atoms with Gasteiger partial charge in [0.15, 0.2) is 5.78 Å². The lowest BCUT2D eigenvalue weighted by atomic mass is 9.96. The van der Waals surface area contributed by atoms with Crippen LogP contribution in [-0.4, -0.2) is 18.2 Å². The van der Waals surface area contributed by atoms with Gasteiger partial charge in [-0.3, -0.25) is 9.59 Å². The fourth-order valence-electron chi connectivity index (χ4n) is 2.57. The van der Waals surface area contributed by atoms with Gasteiger partial charge in [-0.15, -0.1) is 0 Å². The van der Waals surface area contributed by atoms with Crippen LogP contribution in [0.5, 0.6) is 0 Å². The number of nitrogen functional groups attached to an aromatic ring is 1. The molecule has 2 aromatic carbocycles. The van der Waals surface area contributed by atoms with E-state index in [4.69, 9.17) is 5.73 Å². The van der Waals surface area contributed by atoms with E-state index in [2.05, 4.69) is 5.32 Å². The van der Waals surface area contributed by atoms with Crippen molar-refractivity contribution in [3.05, 3.63) is 64.7 Å². The Morgan fingerprint density at radius 3 is 2.71 bits per heavy atom. The Morgan fingerprint density at radius 1 is 1.10 bits per heavy atom. The van der Waals surface area contributed by atoms with E-state index in [9.17, 15) is 9.59 Å². The summed E-state index contributed by atoms with van der Waals surface area (Å²) in [7, 11) is 0. The summed E-state index contributed by atoms with van der Waals surface area (Å²) in [6.07, 6.45) is 1.77. The van der Waals surface area contributed by atoms with Crippen LogP contribution in [0.3, 0.4) is 0 Å². The Hall–Kier alpha value is -2.62. The average Bonchev–Trinajstić information content (AvgIpc) is 2.68. The second-order valence-electron chi connectivity index (χ2n) is 5.19. The minimum Gasteiger partial charge on any atom is -0.399 e. The molecule has 106 valence electrons. The van der Waals surface area contributed by atoms with Gasteiger partial charge in [0, 0.05) is 28.9 Å². The standard InChI is InChI=1S/C17H16N2O2/c18-14-5-1-3-12(9-14)16(20)13-7-6-11-4-2-8-19-17(21)15(11)10-13/h1,3,5-7,9-10H,2,4,8,18H2,(H,19,21). The molecule has 3 rings (SSSR count). The van der Waals surface area contributed by atoms with E-state index in [1.807, 2.05) is 6.07 Å². The molecular weight excluding hydrogens is 264 g/mol. The molecule has 4 heteroatoms. The summed E-state index contributed by atoms with van der Waals surface area (Å²) in [4.78, 5) is 24.5. The van der Waals surface area contributed by atoms with Crippen molar-refractivity contribution in [2.45, 2.75) is 12.8 Å².